The average Bonchev–Trinajstić information content (AvgIpc) is 3.10. The summed E-state index contributed by atoms with van der Waals surface area (Å²) in [7, 11) is 0. The quantitative estimate of drug-likeness (QED) is 0.777. The van der Waals surface area contributed by atoms with Crippen LogP contribution in [0.25, 0.3) is 6.08 Å². The van der Waals surface area contributed by atoms with Crippen LogP contribution < -0.4 is 5.32 Å². The van der Waals surface area contributed by atoms with Gasteiger partial charge in [-0.2, -0.15) is 16.3 Å². The molecule has 1 saturated heterocycles. The number of hydrogen-bond acceptors (Lipinski definition) is 5. The lowest BCUT2D eigenvalue weighted by Gasteiger charge is -2.34. The summed E-state index contributed by atoms with van der Waals surface area (Å²) in [5, 5.41) is 7.03. The average molecular weight is 304 g/mol. The van der Waals surface area contributed by atoms with Crippen molar-refractivity contribution in [3.8, 4) is 0 Å². The fourth-order valence-electron chi connectivity index (χ4n) is 2.36. The van der Waals surface area contributed by atoms with Gasteiger partial charge in [-0.3, -0.25) is 9.59 Å². The lowest BCUT2D eigenvalue weighted by Crippen LogP contribution is -2.52. The van der Waals surface area contributed by atoms with Gasteiger partial charge in [-0.15, -0.1) is 0 Å². The minimum atomic E-state index is -0.245. The second kappa shape index (κ2) is 5.69. The van der Waals surface area contributed by atoms with E-state index in [2.05, 4.69) is 10.3 Å². The number of carbonyl (C=O) groups excluding carboxylic acids is 2. The van der Waals surface area contributed by atoms with E-state index in [1.807, 2.05) is 21.7 Å². The molecule has 3 heterocycles. The molecule has 1 fully saturated rings. The van der Waals surface area contributed by atoms with Gasteiger partial charge in [-0.25, -0.2) is 0 Å². The monoisotopic (exact) mass is 304 g/mol. The van der Waals surface area contributed by atoms with Crippen LogP contribution in [-0.2, 0) is 9.59 Å². The van der Waals surface area contributed by atoms with Crippen molar-refractivity contribution < 1.29 is 9.59 Å². The zero-order valence-electron chi connectivity index (χ0n) is 11.7. The molecule has 21 heavy (non-hydrogen) atoms. The molecule has 1 N–H and O–H groups in total. The highest BCUT2D eigenvalue weighted by Gasteiger charge is 2.27. The van der Waals surface area contributed by atoms with Crippen LogP contribution in [0, 0.1) is 0 Å². The molecule has 0 spiro atoms. The minimum absolute atomic E-state index is 0.0880. The molecule has 6 nitrogen and oxygen atoms in total. The second-order valence-electron chi connectivity index (χ2n) is 4.97. The summed E-state index contributed by atoms with van der Waals surface area (Å²) in [5.41, 5.74) is 1.49. The van der Waals surface area contributed by atoms with Crippen molar-refractivity contribution in [3.63, 3.8) is 0 Å². The first-order valence-corrected chi connectivity index (χ1v) is 7.72. The fraction of sp³-hybridized carbons (Fsp3) is 0.357. The van der Waals surface area contributed by atoms with E-state index in [0.717, 1.165) is 5.56 Å². The number of nitrogens with one attached hydrogen (secondary N) is 1. The Labute approximate surface area is 126 Å². The molecule has 2 aliphatic heterocycles. The number of aliphatic imine (C=N–C) groups is 1. The molecule has 0 unspecified atom stereocenters. The van der Waals surface area contributed by atoms with E-state index < -0.39 is 0 Å². The normalized spacial score (nSPS) is 20.7. The highest BCUT2D eigenvalue weighted by Crippen LogP contribution is 2.14. The predicted octanol–water partition coefficient (Wildman–Crippen LogP) is 0.739. The molecular weight excluding hydrogens is 288 g/mol. The maximum Gasteiger partial charge on any atom is 0.296 e. The number of carbonyl (C=O) groups is 2. The van der Waals surface area contributed by atoms with Gasteiger partial charge in [-0.1, -0.05) is 0 Å². The fourth-order valence-corrected chi connectivity index (χ4v) is 2.98. The summed E-state index contributed by atoms with van der Waals surface area (Å²) in [6.07, 6.45) is 1.81. The minimum Gasteiger partial charge on any atom is -0.339 e. The Morgan fingerprint density at radius 1 is 1.38 bits per heavy atom. The molecule has 7 heteroatoms. The van der Waals surface area contributed by atoms with E-state index >= 15 is 0 Å². The smallest absolute Gasteiger partial charge is 0.296 e. The largest absolute Gasteiger partial charge is 0.339 e. The molecule has 3 rings (SSSR count). The van der Waals surface area contributed by atoms with Crippen LogP contribution in [0.2, 0.25) is 0 Å². The highest BCUT2D eigenvalue weighted by atomic mass is 32.1. The molecule has 110 valence electrons. The molecule has 0 aliphatic carbocycles. The SMILES string of the molecule is CC(=O)N1CCN(C2=NC(=O)C(=Cc3ccsc3)N2)CC1. The van der Waals surface area contributed by atoms with Gasteiger partial charge in [0.15, 0.2) is 0 Å². The van der Waals surface area contributed by atoms with E-state index in [-0.39, 0.29) is 11.8 Å². The predicted molar refractivity (Wildman–Crippen MR) is 81.7 cm³/mol. The Morgan fingerprint density at radius 3 is 2.76 bits per heavy atom. The topological polar surface area (TPSA) is 65.0 Å². The van der Waals surface area contributed by atoms with Crippen molar-refractivity contribution in [1.29, 1.82) is 0 Å². The number of piperazine rings is 1. The van der Waals surface area contributed by atoms with Crippen LogP contribution in [0.5, 0.6) is 0 Å². The van der Waals surface area contributed by atoms with Crippen molar-refractivity contribution in [1.82, 2.24) is 15.1 Å². The molecule has 0 saturated carbocycles. The first-order chi connectivity index (χ1) is 10.1. The summed E-state index contributed by atoms with van der Waals surface area (Å²) in [6, 6.07) is 1.95. The zero-order chi connectivity index (χ0) is 14.8. The number of nitrogens with zero attached hydrogens (tertiary/aromatic N) is 3. The third kappa shape index (κ3) is 2.97. The van der Waals surface area contributed by atoms with Gasteiger partial charge in [0, 0.05) is 33.1 Å². The first-order valence-electron chi connectivity index (χ1n) is 6.78. The third-order valence-corrected chi connectivity index (χ3v) is 4.26. The number of guanidine groups is 1. The Kier molecular flexibility index (Phi) is 3.74. The number of thiophene rings is 1. The van der Waals surface area contributed by atoms with Crippen LogP contribution in [0.4, 0.5) is 0 Å². The Bertz CT molecular complexity index is 613. The molecule has 2 aliphatic rings. The van der Waals surface area contributed by atoms with Crippen molar-refractivity contribution >= 4 is 35.2 Å². The molecule has 0 atom stereocenters. The van der Waals surface area contributed by atoms with Gasteiger partial charge in [0.25, 0.3) is 5.91 Å². The molecule has 1 aromatic heterocycles. The van der Waals surface area contributed by atoms with Gasteiger partial charge in [-0.05, 0) is 28.5 Å². The van der Waals surface area contributed by atoms with E-state index in [9.17, 15) is 9.59 Å². The van der Waals surface area contributed by atoms with Gasteiger partial charge in [0.2, 0.25) is 11.9 Å². The molecule has 0 radical (unpaired) electrons. The van der Waals surface area contributed by atoms with E-state index in [1.165, 1.54) is 0 Å². The van der Waals surface area contributed by atoms with E-state index in [0.29, 0.717) is 37.8 Å². The lowest BCUT2D eigenvalue weighted by molar-refractivity contribution is -0.130. The van der Waals surface area contributed by atoms with Crippen molar-refractivity contribution in [2.24, 2.45) is 4.99 Å². The zero-order valence-corrected chi connectivity index (χ0v) is 12.5. The lowest BCUT2D eigenvalue weighted by atomic mass is 10.2. The number of rotatable bonds is 1. The molecule has 0 bridgehead atoms. The second-order valence-corrected chi connectivity index (χ2v) is 5.75. The van der Waals surface area contributed by atoms with Crippen molar-refractivity contribution in [3.05, 3.63) is 28.1 Å². The van der Waals surface area contributed by atoms with Gasteiger partial charge in [0.1, 0.15) is 5.70 Å². The Hall–Kier alpha value is -2.15. The summed E-state index contributed by atoms with van der Waals surface area (Å²) in [6.45, 7) is 4.27. The first kappa shape index (κ1) is 13.8. The molecule has 1 aromatic rings. The summed E-state index contributed by atoms with van der Waals surface area (Å²) < 4.78 is 0. The maximum absolute atomic E-state index is 11.9. The van der Waals surface area contributed by atoms with Gasteiger partial charge < -0.3 is 15.1 Å². The third-order valence-electron chi connectivity index (χ3n) is 3.56. The molecular formula is C14H16N4O2S. The maximum atomic E-state index is 11.9. The molecule has 0 aromatic carbocycles. The van der Waals surface area contributed by atoms with E-state index in [4.69, 9.17) is 0 Å². The number of amides is 2. The Balaban J connectivity index is 1.65. The van der Waals surface area contributed by atoms with Crippen molar-refractivity contribution in [2.45, 2.75) is 6.92 Å². The van der Waals surface area contributed by atoms with Gasteiger partial charge >= 0.3 is 0 Å². The van der Waals surface area contributed by atoms with Crippen LogP contribution in [0.3, 0.4) is 0 Å². The van der Waals surface area contributed by atoms with E-state index in [1.54, 1.807) is 29.2 Å². The Morgan fingerprint density at radius 2 is 2.14 bits per heavy atom. The van der Waals surface area contributed by atoms with Crippen LogP contribution in [0.15, 0.2) is 27.5 Å². The van der Waals surface area contributed by atoms with Crippen molar-refractivity contribution in [2.75, 3.05) is 26.2 Å². The highest BCUT2D eigenvalue weighted by molar-refractivity contribution is 7.08. The summed E-state index contributed by atoms with van der Waals surface area (Å²) in [4.78, 5) is 31.1. The van der Waals surface area contributed by atoms with Crippen LogP contribution in [-0.4, -0.2) is 53.8 Å². The van der Waals surface area contributed by atoms with Crippen LogP contribution in [0.1, 0.15) is 12.5 Å². The standard InChI is InChI=1S/C14H16N4O2S/c1-10(19)17-3-5-18(6-4-17)14-15-12(13(20)16-14)8-11-2-7-21-9-11/h2,7-9H,3-6H2,1H3,(H,15,16,20). The summed E-state index contributed by atoms with van der Waals surface area (Å²) in [5.74, 6) is 0.431. The number of hydrogen-bond donors (Lipinski definition) is 1. The van der Waals surface area contributed by atoms with Crippen LogP contribution >= 0.6 is 11.3 Å². The van der Waals surface area contributed by atoms with Gasteiger partial charge in [0.05, 0.1) is 0 Å². The summed E-state index contributed by atoms with van der Waals surface area (Å²) >= 11 is 1.59. The molecule has 2 amide bonds.